The third-order valence-electron chi connectivity index (χ3n) is 4.91. The van der Waals surface area contributed by atoms with E-state index in [4.69, 9.17) is 4.74 Å². The largest absolute Gasteiger partial charge is 0.444 e. The Bertz CT molecular complexity index is 1290. The number of alkyl carbamates (subject to hydrolysis) is 1. The van der Waals surface area contributed by atoms with Crippen molar-refractivity contribution in [3.05, 3.63) is 59.4 Å². The van der Waals surface area contributed by atoms with Crippen LogP contribution in [0.25, 0.3) is 0 Å². The van der Waals surface area contributed by atoms with Crippen LogP contribution in [0.15, 0.2) is 41.5 Å². The van der Waals surface area contributed by atoms with Crippen LogP contribution in [0, 0.1) is 11.6 Å². The summed E-state index contributed by atoms with van der Waals surface area (Å²) in [5.41, 5.74) is -2.59. The summed E-state index contributed by atoms with van der Waals surface area (Å²) in [7, 11) is -2.82. The summed E-state index contributed by atoms with van der Waals surface area (Å²) in [4.78, 5) is 32.7. The highest BCUT2D eigenvalue weighted by Crippen LogP contribution is 2.35. The maximum atomic E-state index is 14.9. The number of hydrogen-bond acceptors (Lipinski definition) is 7. The molecule has 0 bridgehead atoms. The lowest BCUT2D eigenvalue weighted by molar-refractivity contribution is 0.0558. The third kappa shape index (κ3) is 6.10. The molecule has 0 saturated heterocycles. The molecule has 0 aliphatic carbocycles. The van der Waals surface area contributed by atoms with Gasteiger partial charge in [-0.1, -0.05) is 0 Å². The first-order valence-corrected chi connectivity index (χ1v) is 12.0. The molecule has 1 aliphatic rings. The summed E-state index contributed by atoms with van der Waals surface area (Å²) >= 11 is 0. The van der Waals surface area contributed by atoms with Gasteiger partial charge in [-0.25, -0.2) is 36.3 Å². The number of halogens is 2. The van der Waals surface area contributed by atoms with Gasteiger partial charge in [0.05, 0.1) is 11.9 Å². The quantitative estimate of drug-likeness (QED) is 0.654. The Kier molecular flexibility index (Phi) is 6.84. The van der Waals surface area contributed by atoms with Crippen molar-refractivity contribution in [2.24, 2.45) is 4.99 Å². The number of amides is 2. The number of carbonyl (C=O) groups excluding carboxylic acids is 2. The van der Waals surface area contributed by atoms with Crippen molar-refractivity contribution in [1.82, 2.24) is 14.6 Å². The van der Waals surface area contributed by atoms with Crippen molar-refractivity contribution >= 4 is 33.7 Å². The molecule has 2 aromatic rings. The summed E-state index contributed by atoms with van der Waals surface area (Å²) in [6.45, 7) is 6.29. The number of hydrogen-bond donors (Lipinski definition) is 2. The Morgan fingerprint density at radius 1 is 1.14 bits per heavy atom. The van der Waals surface area contributed by atoms with E-state index in [1.54, 1.807) is 20.8 Å². The van der Waals surface area contributed by atoms with Crippen molar-refractivity contribution in [3.8, 4) is 0 Å². The molecule has 10 nitrogen and oxygen atoms in total. The van der Waals surface area contributed by atoms with Crippen LogP contribution in [0.3, 0.4) is 0 Å². The number of aromatic nitrogens is 1. The predicted octanol–water partition coefficient (Wildman–Crippen LogP) is 2.98. The molecule has 2 N–H and O–H groups in total. The van der Waals surface area contributed by atoms with E-state index in [-0.39, 0.29) is 22.9 Å². The average molecular weight is 510 g/mol. The Morgan fingerprint density at radius 3 is 2.43 bits per heavy atom. The number of guanidine groups is 1. The van der Waals surface area contributed by atoms with E-state index < -0.39 is 50.6 Å². The first-order chi connectivity index (χ1) is 16.1. The molecule has 0 radical (unpaired) electrons. The van der Waals surface area contributed by atoms with Gasteiger partial charge in [0, 0.05) is 18.3 Å². The number of nitrogens with one attached hydrogen (secondary N) is 2. The van der Waals surface area contributed by atoms with Crippen LogP contribution in [0.4, 0.5) is 19.3 Å². The molecular formula is C22H25F2N5O5S. The van der Waals surface area contributed by atoms with Gasteiger partial charge in [0.1, 0.15) is 28.5 Å². The molecular weight excluding hydrogens is 484 g/mol. The van der Waals surface area contributed by atoms with Gasteiger partial charge >= 0.3 is 6.09 Å². The van der Waals surface area contributed by atoms with E-state index in [0.717, 1.165) is 22.6 Å². The van der Waals surface area contributed by atoms with Crippen molar-refractivity contribution in [2.75, 3.05) is 18.1 Å². The molecule has 2 heterocycles. The molecule has 1 aromatic heterocycles. The number of rotatable bonds is 3. The summed E-state index contributed by atoms with van der Waals surface area (Å²) in [6, 6.07) is 5.81. The number of sulfonamides is 1. The Balaban J connectivity index is 1.96. The van der Waals surface area contributed by atoms with Gasteiger partial charge in [-0.3, -0.25) is 10.1 Å². The second-order valence-electron chi connectivity index (χ2n) is 9.07. The highest BCUT2D eigenvalue weighted by molar-refractivity contribution is 7.89. The van der Waals surface area contributed by atoms with Crippen LogP contribution in [-0.2, 0) is 20.3 Å². The van der Waals surface area contributed by atoms with Gasteiger partial charge in [-0.15, -0.1) is 0 Å². The van der Waals surface area contributed by atoms with Gasteiger partial charge in [0.15, 0.2) is 0 Å². The first-order valence-electron chi connectivity index (χ1n) is 10.4. The van der Waals surface area contributed by atoms with E-state index in [2.05, 4.69) is 20.6 Å². The van der Waals surface area contributed by atoms with Crippen LogP contribution >= 0.6 is 0 Å². The number of aliphatic imine (C=N–C) groups is 1. The topological polar surface area (TPSA) is 130 Å². The average Bonchev–Trinajstić information content (AvgIpc) is 2.71. The summed E-state index contributed by atoms with van der Waals surface area (Å²) in [5.74, 6) is -3.03. The molecule has 35 heavy (non-hydrogen) atoms. The second kappa shape index (κ2) is 9.21. The molecule has 2 amide bonds. The van der Waals surface area contributed by atoms with Crippen molar-refractivity contribution in [2.45, 2.75) is 38.8 Å². The number of pyridine rings is 1. The lowest BCUT2D eigenvalue weighted by atomic mass is 9.93. The maximum Gasteiger partial charge on any atom is 0.414 e. The zero-order valence-electron chi connectivity index (χ0n) is 19.7. The lowest BCUT2D eigenvalue weighted by Gasteiger charge is -2.36. The zero-order chi connectivity index (χ0) is 26.2. The van der Waals surface area contributed by atoms with E-state index in [0.29, 0.717) is 0 Å². The van der Waals surface area contributed by atoms with Crippen LogP contribution < -0.4 is 10.6 Å². The maximum absolute atomic E-state index is 14.9. The van der Waals surface area contributed by atoms with Crippen LogP contribution in [0.5, 0.6) is 0 Å². The minimum Gasteiger partial charge on any atom is -0.444 e. The van der Waals surface area contributed by atoms with E-state index in [9.17, 15) is 26.8 Å². The fourth-order valence-corrected chi connectivity index (χ4v) is 4.75. The summed E-state index contributed by atoms with van der Waals surface area (Å²) in [6.07, 6.45) is -0.0561. The third-order valence-corrected chi connectivity index (χ3v) is 6.84. The minimum absolute atomic E-state index is 0.0766. The Hall–Kier alpha value is -3.61. The second-order valence-corrected chi connectivity index (χ2v) is 11.1. The molecule has 1 aliphatic heterocycles. The monoisotopic (exact) mass is 509 g/mol. The summed E-state index contributed by atoms with van der Waals surface area (Å²) in [5, 5.41) is 4.81. The number of ether oxygens (including phenoxy) is 1. The van der Waals surface area contributed by atoms with E-state index in [1.807, 2.05) is 0 Å². The molecule has 1 aromatic carbocycles. The smallest absolute Gasteiger partial charge is 0.414 e. The Labute approximate surface area is 201 Å². The van der Waals surface area contributed by atoms with Crippen molar-refractivity contribution < 1.29 is 31.5 Å². The van der Waals surface area contributed by atoms with Gasteiger partial charge in [0.25, 0.3) is 5.91 Å². The minimum atomic E-state index is -4.02. The molecule has 1 atom stereocenters. The summed E-state index contributed by atoms with van der Waals surface area (Å²) < 4.78 is 59.6. The van der Waals surface area contributed by atoms with E-state index >= 15 is 0 Å². The molecule has 13 heteroatoms. The number of anilines is 1. The van der Waals surface area contributed by atoms with Crippen molar-refractivity contribution in [3.63, 3.8) is 0 Å². The zero-order valence-corrected chi connectivity index (χ0v) is 20.5. The molecule has 0 spiro atoms. The molecule has 0 unspecified atom stereocenters. The molecule has 3 rings (SSSR count). The van der Waals surface area contributed by atoms with Gasteiger partial charge in [-0.2, -0.15) is 0 Å². The first kappa shape index (κ1) is 26.0. The van der Waals surface area contributed by atoms with Gasteiger partial charge in [0.2, 0.25) is 16.0 Å². The number of carbonyl (C=O) groups is 2. The van der Waals surface area contributed by atoms with Crippen LogP contribution in [0.2, 0.25) is 0 Å². The fourth-order valence-electron chi connectivity index (χ4n) is 3.28. The SMILES string of the molecule is CN1C(NC(=O)OC(C)(C)C)=N[C@](C)(c2cc(NC(=O)c3ccc(F)cn3)ccc2F)CS1(=O)=O. The molecule has 188 valence electrons. The normalized spacial score (nSPS) is 19.5. The number of benzene rings is 1. The van der Waals surface area contributed by atoms with Gasteiger partial charge < -0.3 is 10.1 Å². The van der Waals surface area contributed by atoms with Crippen LogP contribution in [0.1, 0.15) is 43.7 Å². The fraction of sp³-hybridized carbons (Fsp3) is 0.364. The Morgan fingerprint density at radius 2 is 1.83 bits per heavy atom. The lowest BCUT2D eigenvalue weighted by Crippen LogP contribution is -2.54. The van der Waals surface area contributed by atoms with Gasteiger partial charge in [-0.05, 0) is 58.0 Å². The standard InChI is InChI=1S/C22H25F2N5O5S/c1-21(2,3)34-20(31)27-19-28-22(4,12-35(32,33)29(19)5)15-10-14(7-8-16(15)24)26-18(30)17-9-6-13(23)11-25-17/h6-11H,12H2,1-5H3,(H,26,30)(H,27,28,31)/t22-/m0/s1. The number of nitrogens with zero attached hydrogens (tertiary/aromatic N) is 3. The molecule has 0 fully saturated rings. The predicted molar refractivity (Wildman–Crippen MR) is 124 cm³/mol. The van der Waals surface area contributed by atoms with Crippen molar-refractivity contribution in [1.29, 1.82) is 0 Å². The molecule has 0 saturated carbocycles. The highest BCUT2D eigenvalue weighted by Gasteiger charge is 2.43. The highest BCUT2D eigenvalue weighted by atomic mass is 32.2. The van der Waals surface area contributed by atoms with Crippen LogP contribution in [-0.4, -0.2) is 54.1 Å². The van der Waals surface area contributed by atoms with E-state index in [1.165, 1.54) is 32.2 Å².